The Morgan fingerprint density at radius 2 is 2.12 bits per heavy atom. The van der Waals surface area contributed by atoms with Crippen molar-refractivity contribution in [3.05, 3.63) is 23.8 Å². The van der Waals surface area contributed by atoms with Crippen LogP contribution in [0.4, 0.5) is 0 Å². The predicted molar refractivity (Wildman–Crippen MR) is 87.7 cm³/mol. The molecule has 1 atom stereocenters. The average Bonchev–Trinajstić information content (AvgIpc) is 3.10. The monoisotopic (exact) mass is 330 g/mol. The normalized spacial score (nSPS) is 23.7. The summed E-state index contributed by atoms with van der Waals surface area (Å²) in [5.74, 6) is 0.0412. The number of benzene rings is 1. The van der Waals surface area contributed by atoms with Crippen molar-refractivity contribution in [1.29, 1.82) is 0 Å². The van der Waals surface area contributed by atoms with Gasteiger partial charge in [-0.05, 0) is 43.9 Å². The Labute approximate surface area is 140 Å². The summed E-state index contributed by atoms with van der Waals surface area (Å²) in [6, 6.07) is 5.43. The van der Waals surface area contributed by atoms with Gasteiger partial charge in [0.2, 0.25) is 0 Å². The third-order valence-electron chi connectivity index (χ3n) is 5.33. The van der Waals surface area contributed by atoms with E-state index < -0.39 is 0 Å². The molecular formula is C17H22N4O3. The first-order chi connectivity index (χ1) is 11.7. The molecule has 0 bridgehead atoms. The minimum Gasteiger partial charge on any atom is -0.378 e. The fourth-order valence-electron chi connectivity index (χ4n) is 3.94. The van der Waals surface area contributed by atoms with Gasteiger partial charge in [0.05, 0.1) is 11.7 Å². The van der Waals surface area contributed by atoms with Crippen molar-refractivity contribution in [3.63, 3.8) is 0 Å². The molecule has 0 aliphatic carbocycles. The minimum absolute atomic E-state index is 0.0412. The lowest BCUT2D eigenvalue weighted by Crippen LogP contribution is -2.56. The van der Waals surface area contributed by atoms with Crippen LogP contribution in [0, 0.1) is 0 Å². The highest BCUT2D eigenvalue weighted by molar-refractivity contribution is 5.97. The Bertz CT molecular complexity index is 736. The van der Waals surface area contributed by atoms with Gasteiger partial charge >= 0.3 is 0 Å². The predicted octanol–water partition coefficient (Wildman–Crippen LogP) is 1.76. The van der Waals surface area contributed by atoms with E-state index in [4.69, 9.17) is 9.47 Å². The Balaban J connectivity index is 1.47. The van der Waals surface area contributed by atoms with Crippen molar-refractivity contribution < 1.29 is 14.3 Å². The maximum atomic E-state index is 12.8. The second-order valence-electron chi connectivity index (χ2n) is 6.60. The summed E-state index contributed by atoms with van der Waals surface area (Å²) in [6.07, 6.45) is 3.86. The Kier molecular flexibility index (Phi) is 3.97. The van der Waals surface area contributed by atoms with E-state index in [1.165, 1.54) is 0 Å². The number of fused-ring (bicyclic) bond motifs is 1. The molecule has 1 N–H and O–H groups in total. The highest BCUT2D eigenvalue weighted by atomic mass is 16.5. The van der Waals surface area contributed by atoms with Crippen molar-refractivity contribution in [3.8, 4) is 0 Å². The van der Waals surface area contributed by atoms with Gasteiger partial charge in [-0.2, -0.15) is 15.4 Å². The molecule has 2 fully saturated rings. The van der Waals surface area contributed by atoms with Gasteiger partial charge in [0, 0.05) is 32.4 Å². The largest absolute Gasteiger partial charge is 0.378 e. The van der Waals surface area contributed by atoms with E-state index in [0.717, 1.165) is 37.8 Å². The number of methoxy groups -OCH3 is 1. The van der Waals surface area contributed by atoms with Crippen LogP contribution in [-0.4, -0.2) is 64.7 Å². The van der Waals surface area contributed by atoms with Crippen LogP contribution >= 0.6 is 0 Å². The summed E-state index contributed by atoms with van der Waals surface area (Å²) in [4.78, 5) is 14.7. The zero-order chi connectivity index (χ0) is 16.6. The standard InChI is InChI=1S/C17H22N4O3/c1-23-15-3-2-10-24-17(15)6-8-21(9-7-17)16(22)12-4-5-13-14(11-12)19-20-18-13/h4-5,11,15H,2-3,6-10H2,1H3,(H,18,19,20)/t15-/m1/s1. The first-order valence-electron chi connectivity index (χ1n) is 8.48. The molecule has 24 heavy (non-hydrogen) atoms. The van der Waals surface area contributed by atoms with Crippen LogP contribution in [-0.2, 0) is 9.47 Å². The van der Waals surface area contributed by atoms with Gasteiger partial charge < -0.3 is 14.4 Å². The molecule has 3 heterocycles. The Morgan fingerprint density at radius 3 is 2.92 bits per heavy atom. The summed E-state index contributed by atoms with van der Waals surface area (Å²) in [7, 11) is 1.76. The van der Waals surface area contributed by atoms with Crippen LogP contribution in [0.1, 0.15) is 36.0 Å². The van der Waals surface area contributed by atoms with Gasteiger partial charge in [-0.1, -0.05) is 0 Å². The number of likely N-dealkylation sites (tertiary alicyclic amines) is 1. The number of carbonyl (C=O) groups excluding carboxylic acids is 1. The van der Waals surface area contributed by atoms with Gasteiger partial charge in [-0.3, -0.25) is 4.79 Å². The minimum atomic E-state index is -0.222. The molecule has 2 aromatic rings. The van der Waals surface area contributed by atoms with Gasteiger partial charge in [0.1, 0.15) is 11.0 Å². The highest BCUT2D eigenvalue weighted by Crippen LogP contribution is 2.37. The molecule has 2 aliphatic heterocycles. The van der Waals surface area contributed by atoms with Crippen LogP contribution in [0.15, 0.2) is 18.2 Å². The van der Waals surface area contributed by atoms with Gasteiger partial charge in [0.25, 0.3) is 5.91 Å². The molecule has 1 amide bonds. The third kappa shape index (κ3) is 2.57. The van der Waals surface area contributed by atoms with E-state index >= 15 is 0 Å². The number of H-pyrrole nitrogens is 1. The molecule has 0 saturated carbocycles. The lowest BCUT2D eigenvalue weighted by Gasteiger charge is -2.48. The lowest BCUT2D eigenvalue weighted by atomic mass is 9.81. The zero-order valence-electron chi connectivity index (χ0n) is 13.8. The van der Waals surface area contributed by atoms with Crippen LogP contribution in [0.3, 0.4) is 0 Å². The van der Waals surface area contributed by atoms with Crippen molar-refractivity contribution in [2.24, 2.45) is 0 Å². The zero-order valence-corrected chi connectivity index (χ0v) is 13.8. The highest BCUT2D eigenvalue weighted by Gasteiger charge is 2.45. The van der Waals surface area contributed by atoms with Gasteiger partial charge in [-0.25, -0.2) is 0 Å². The molecule has 4 rings (SSSR count). The third-order valence-corrected chi connectivity index (χ3v) is 5.33. The van der Waals surface area contributed by atoms with E-state index in [2.05, 4.69) is 15.4 Å². The molecule has 1 aromatic heterocycles. The summed E-state index contributed by atoms with van der Waals surface area (Å²) < 4.78 is 11.8. The second kappa shape index (κ2) is 6.14. The maximum absolute atomic E-state index is 12.8. The quantitative estimate of drug-likeness (QED) is 0.907. The number of carbonyl (C=O) groups is 1. The molecule has 0 unspecified atom stereocenters. The summed E-state index contributed by atoms with van der Waals surface area (Å²) >= 11 is 0. The topological polar surface area (TPSA) is 80.3 Å². The number of rotatable bonds is 2. The van der Waals surface area contributed by atoms with E-state index in [1.807, 2.05) is 17.0 Å². The number of amides is 1. The lowest BCUT2D eigenvalue weighted by molar-refractivity contribution is -0.183. The Hall–Kier alpha value is -1.99. The smallest absolute Gasteiger partial charge is 0.253 e. The molecule has 7 heteroatoms. The van der Waals surface area contributed by atoms with E-state index in [1.54, 1.807) is 13.2 Å². The maximum Gasteiger partial charge on any atom is 0.253 e. The Morgan fingerprint density at radius 1 is 1.33 bits per heavy atom. The van der Waals surface area contributed by atoms with Crippen molar-refractivity contribution in [1.82, 2.24) is 20.3 Å². The number of hydrogen-bond acceptors (Lipinski definition) is 5. The molecule has 1 spiro atoms. The van der Waals surface area contributed by atoms with Crippen LogP contribution in [0.25, 0.3) is 11.0 Å². The number of aromatic nitrogens is 3. The van der Waals surface area contributed by atoms with Crippen molar-refractivity contribution in [2.45, 2.75) is 37.4 Å². The first-order valence-corrected chi connectivity index (χ1v) is 8.48. The average molecular weight is 330 g/mol. The number of nitrogens with zero attached hydrogens (tertiary/aromatic N) is 3. The fraction of sp³-hybridized carbons (Fsp3) is 0.588. The number of hydrogen-bond donors (Lipinski definition) is 1. The summed E-state index contributed by atoms with van der Waals surface area (Å²) in [5, 5.41) is 10.6. The van der Waals surface area contributed by atoms with Crippen LogP contribution < -0.4 is 0 Å². The molecule has 2 aliphatic rings. The number of piperidine rings is 1. The van der Waals surface area contributed by atoms with E-state index in [-0.39, 0.29) is 17.6 Å². The summed E-state index contributed by atoms with van der Waals surface area (Å²) in [6.45, 7) is 2.17. The van der Waals surface area contributed by atoms with Crippen LogP contribution in [0.5, 0.6) is 0 Å². The number of aromatic amines is 1. The van der Waals surface area contributed by atoms with E-state index in [9.17, 15) is 4.79 Å². The van der Waals surface area contributed by atoms with Gasteiger partial charge in [-0.15, -0.1) is 0 Å². The molecule has 128 valence electrons. The van der Waals surface area contributed by atoms with Crippen LogP contribution in [0.2, 0.25) is 0 Å². The van der Waals surface area contributed by atoms with E-state index in [0.29, 0.717) is 24.2 Å². The van der Waals surface area contributed by atoms with Gasteiger partial charge in [0.15, 0.2) is 0 Å². The molecule has 2 saturated heterocycles. The first kappa shape index (κ1) is 15.5. The molecule has 1 aromatic carbocycles. The second-order valence-corrected chi connectivity index (χ2v) is 6.60. The van der Waals surface area contributed by atoms with Crippen molar-refractivity contribution in [2.75, 3.05) is 26.8 Å². The summed E-state index contributed by atoms with van der Waals surface area (Å²) in [5.41, 5.74) is 1.91. The SMILES string of the molecule is CO[C@@H]1CCCOC12CCN(C(=O)c1ccc3n[nH]nc3c1)CC2. The molecular weight excluding hydrogens is 308 g/mol. The fourth-order valence-corrected chi connectivity index (χ4v) is 3.94. The number of ether oxygens (including phenoxy) is 2. The molecule has 7 nitrogen and oxygen atoms in total. The number of nitrogens with one attached hydrogen (secondary N) is 1. The van der Waals surface area contributed by atoms with Crippen molar-refractivity contribution >= 4 is 16.9 Å². The molecule has 0 radical (unpaired) electrons.